The number of nitrogens with zero attached hydrogens (tertiary/aromatic N) is 2. The highest BCUT2D eigenvalue weighted by molar-refractivity contribution is 6.31. The highest BCUT2D eigenvalue weighted by Crippen LogP contribution is 2.16. The second-order valence-electron chi connectivity index (χ2n) is 3.53. The normalized spacial score (nSPS) is 15.2. The lowest BCUT2D eigenvalue weighted by Crippen LogP contribution is -2.28. The van der Waals surface area contributed by atoms with Gasteiger partial charge in [0.1, 0.15) is 0 Å². The number of hydrazone groups is 1. The van der Waals surface area contributed by atoms with E-state index in [1.54, 1.807) is 25.1 Å². The van der Waals surface area contributed by atoms with Crippen molar-refractivity contribution in [3.05, 3.63) is 34.9 Å². The van der Waals surface area contributed by atoms with Gasteiger partial charge in [-0.05, 0) is 25.1 Å². The van der Waals surface area contributed by atoms with Crippen LogP contribution < -0.4 is 0 Å². The van der Waals surface area contributed by atoms with Crippen LogP contribution in [-0.4, -0.2) is 22.5 Å². The first-order valence-electron chi connectivity index (χ1n) is 4.75. The molecule has 1 aliphatic heterocycles. The predicted octanol–water partition coefficient (Wildman–Crippen LogP) is 2.09. The van der Waals surface area contributed by atoms with Crippen molar-refractivity contribution in [2.24, 2.45) is 5.10 Å². The van der Waals surface area contributed by atoms with Gasteiger partial charge in [-0.2, -0.15) is 10.1 Å². The molecule has 1 aromatic carbocycles. The highest BCUT2D eigenvalue weighted by atomic mass is 35.5. The van der Waals surface area contributed by atoms with Crippen LogP contribution in [0.5, 0.6) is 0 Å². The third kappa shape index (κ3) is 1.97. The average Bonchev–Trinajstić information content (AvgIpc) is 2.57. The largest absolute Gasteiger partial charge is 0.281 e. The summed E-state index contributed by atoms with van der Waals surface area (Å²) in [5, 5.41) is 5.23. The molecule has 1 aromatic rings. The maximum absolute atomic E-state index is 11.9. The van der Waals surface area contributed by atoms with Crippen molar-refractivity contribution in [2.45, 2.75) is 13.3 Å². The Bertz CT molecular complexity index is 497. The van der Waals surface area contributed by atoms with Crippen molar-refractivity contribution in [3.63, 3.8) is 0 Å². The molecule has 0 atom stereocenters. The molecule has 0 spiro atoms. The molecule has 0 radical (unpaired) electrons. The summed E-state index contributed by atoms with van der Waals surface area (Å²) in [6, 6.07) is 6.44. The van der Waals surface area contributed by atoms with Gasteiger partial charge < -0.3 is 0 Å². The second-order valence-corrected chi connectivity index (χ2v) is 3.97. The molecule has 1 aliphatic rings. The number of halogens is 1. The third-order valence-electron chi connectivity index (χ3n) is 2.18. The van der Waals surface area contributed by atoms with Crippen LogP contribution in [0.4, 0.5) is 0 Å². The van der Waals surface area contributed by atoms with Gasteiger partial charge in [-0.15, -0.1) is 0 Å². The third-order valence-corrected chi connectivity index (χ3v) is 2.41. The number of benzene rings is 1. The Morgan fingerprint density at radius 1 is 1.50 bits per heavy atom. The lowest BCUT2D eigenvalue weighted by molar-refractivity contribution is -0.126. The van der Waals surface area contributed by atoms with Crippen LogP contribution in [0.3, 0.4) is 0 Å². The molecule has 1 heterocycles. The molecule has 0 aliphatic carbocycles. The van der Waals surface area contributed by atoms with E-state index in [1.807, 2.05) is 0 Å². The zero-order valence-electron chi connectivity index (χ0n) is 8.61. The quantitative estimate of drug-likeness (QED) is 0.701. The van der Waals surface area contributed by atoms with Gasteiger partial charge in [-0.3, -0.25) is 9.59 Å². The maximum atomic E-state index is 11.9. The summed E-state index contributed by atoms with van der Waals surface area (Å²) in [6.45, 7) is 1.71. The van der Waals surface area contributed by atoms with Crippen molar-refractivity contribution < 1.29 is 9.59 Å². The topological polar surface area (TPSA) is 49.7 Å². The average molecular weight is 237 g/mol. The number of imide groups is 1. The summed E-state index contributed by atoms with van der Waals surface area (Å²) in [6.07, 6.45) is 0.201. The van der Waals surface area contributed by atoms with Gasteiger partial charge in [0.05, 0.1) is 6.42 Å². The maximum Gasteiger partial charge on any atom is 0.281 e. The van der Waals surface area contributed by atoms with Crippen molar-refractivity contribution in [3.8, 4) is 0 Å². The van der Waals surface area contributed by atoms with Gasteiger partial charge in [0.25, 0.3) is 11.8 Å². The van der Waals surface area contributed by atoms with Crippen LogP contribution in [-0.2, 0) is 4.79 Å². The molecule has 2 rings (SSSR count). The van der Waals surface area contributed by atoms with E-state index in [-0.39, 0.29) is 12.3 Å². The number of hydrogen-bond acceptors (Lipinski definition) is 3. The molecule has 0 saturated carbocycles. The van der Waals surface area contributed by atoms with Crippen LogP contribution in [0.25, 0.3) is 0 Å². The molecule has 0 N–H and O–H groups in total. The molecule has 0 saturated heterocycles. The van der Waals surface area contributed by atoms with Gasteiger partial charge in [-0.1, -0.05) is 17.7 Å². The Morgan fingerprint density at radius 3 is 2.81 bits per heavy atom. The zero-order valence-corrected chi connectivity index (χ0v) is 9.36. The van der Waals surface area contributed by atoms with Crippen molar-refractivity contribution >= 4 is 29.1 Å². The van der Waals surface area contributed by atoms with E-state index in [4.69, 9.17) is 11.6 Å². The van der Waals surface area contributed by atoms with Gasteiger partial charge >= 0.3 is 0 Å². The first-order chi connectivity index (χ1) is 7.58. The van der Waals surface area contributed by atoms with E-state index >= 15 is 0 Å². The Hall–Kier alpha value is -1.68. The van der Waals surface area contributed by atoms with Crippen molar-refractivity contribution in [2.75, 3.05) is 0 Å². The number of amides is 2. The van der Waals surface area contributed by atoms with E-state index < -0.39 is 5.91 Å². The highest BCUT2D eigenvalue weighted by Gasteiger charge is 2.28. The lowest BCUT2D eigenvalue weighted by Gasteiger charge is -2.09. The summed E-state index contributed by atoms with van der Waals surface area (Å²) in [5.74, 6) is -0.744. The molecule has 0 bridgehead atoms. The fourth-order valence-electron chi connectivity index (χ4n) is 1.46. The fraction of sp³-hybridized carbons (Fsp3) is 0.182. The SMILES string of the molecule is CC1=NN(C(=O)c2cccc(Cl)c2)C(=O)C1. The summed E-state index contributed by atoms with van der Waals surface area (Å²) < 4.78 is 0. The Labute approximate surface area is 97.5 Å². The molecule has 2 amide bonds. The Balaban J connectivity index is 2.29. The van der Waals surface area contributed by atoms with Crippen LogP contribution in [0.15, 0.2) is 29.4 Å². The number of carbonyl (C=O) groups is 2. The number of rotatable bonds is 1. The molecule has 82 valence electrons. The van der Waals surface area contributed by atoms with E-state index in [0.29, 0.717) is 16.3 Å². The van der Waals surface area contributed by atoms with E-state index in [9.17, 15) is 9.59 Å². The van der Waals surface area contributed by atoms with Crippen LogP contribution in [0.2, 0.25) is 5.02 Å². The van der Waals surface area contributed by atoms with Crippen molar-refractivity contribution in [1.29, 1.82) is 0 Å². The van der Waals surface area contributed by atoms with Crippen LogP contribution in [0.1, 0.15) is 23.7 Å². The molecule has 16 heavy (non-hydrogen) atoms. The van der Waals surface area contributed by atoms with Crippen molar-refractivity contribution in [1.82, 2.24) is 5.01 Å². The second kappa shape index (κ2) is 4.06. The summed E-state index contributed by atoms with van der Waals surface area (Å²) in [5.41, 5.74) is 1.000. The monoisotopic (exact) mass is 236 g/mol. The van der Waals surface area contributed by atoms with E-state index in [2.05, 4.69) is 5.10 Å². The first-order valence-corrected chi connectivity index (χ1v) is 5.12. The fourth-order valence-corrected chi connectivity index (χ4v) is 1.65. The Kier molecular flexibility index (Phi) is 2.75. The molecule has 0 fully saturated rings. The van der Waals surface area contributed by atoms with Gasteiger partial charge in [0.15, 0.2) is 0 Å². The number of carbonyl (C=O) groups excluding carboxylic acids is 2. The summed E-state index contributed by atoms with van der Waals surface area (Å²) >= 11 is 5.77. The zero-order chi connectivity index (χ0) is 11.7. The lowest BCUT2D eigenvalue weighted by atomic mass is 10.2. The molecule has 0 aromatic heterocycles. The molecular formula is C11H9ClN2O2. The molecule has 4 nitrogen and oxygen atoms in total. The molecular weight excluding hydrogens is 228 g/mol. The summed E-state index contributed by atoms with van der Waals surface area (Å²) in [7, 11) is 0. The predicted molar refractivity (Wildman–Crippen MR) is 60.4 cm³/mol. The summed E-state index contributed by atoms with van der Waals surface area (Å²) in [4.78, 5) is 23.3. The smallest absolute Gasteiger partial charge is 0.272 e. The minimum atomic E-state index is -0.440. The van der Waals surface area contributed by atoms with Crippen LogP contribution >= 0.6 is 11.6 Å². The minimum absolute atomic E-state index is 0.201. The van der Waals surface area contributed by atoms with Gasteiger partial charge in [0, 0.05) is 16.3 Å². The Morgan fingerprint density at radius 2 is 2.25 bits per heavy atom. The van der Waals surface area contributed by atoms with Gasteiger partial charge in [-0.25, -0.2) is 0 Å². The standard InChI is InChI=1S/C11H9ClN2O2/c1-7-5-10(15)14(13-7)11(16)8-3-2-4-9(12)6-8/h2-4,6H,5H2,1H3. The number of hydrogen-bond donors (Lipinski definition) is 0. The minimum Gasteiger partial charge on any atom is -0.272 e. The molecule has 0 unspecified atom stereocenters. The van der Waals surface area contributed by atoms with E-state index in [1.165, 1.54) is 6.07 Å². The molecule has 5 heteroatoms. The van der Waals surface area contributed by atoms with E-state index in [0.717, 1.165) is 5.01 Å². The van der Waals surface area contributed by atoms with Gasteiger partial charge in [0.2, 0.25) is 0 Å². The van der Waals surface area contributed by atoms with Crippen LogP contribution in [0, 0.1) is 0 Å². The first kappa shape index (κ1) is 10.8.